The molecule has 0 radical (unpaired) electrons. The molecule has 1 aromatic carbocycles. The predicted octanol–water partition coefficient (Wildman–Crippen LogP) is 5.44. The minimum atomic E-state index is 0.555. The van der Waals surface area contributed by atoms with Gasteiger partial charge in [-0.25, -0.2) is 0 Å². The van der Waals surface area contributed by atoms with Crippen molar-refractivity contribution >= 4 is 21.6 Å². The summed E-state index contributed by atoms with van der Waals surface area (Å²) in [5.74, 6) is 0. The summed E-state index contributed by atoms with van der Waals surface area (Å²) in [6.45, 7) is 11.0. The van der Waals surface area contributed by atoms with E-state index in [1.807, 2.05) is 0 Å². The van der Waals surface area contributed by atoms with Crippen molar-refractivity contribution in [1.82, 2.24) is 10.5 Å². The quantitative estimate of drug-likeness (QED) is 0.723. The summed E-state index contributed by atoms with van der Waals surface area (Å²) in [7, 11) is 0. The zero-order chi connectivity index (χ0) is 16.3. The topological polar surface area (TPSA) is 18.5 Å². The Labute approximate surface area is 143 Å². The third-order valence-corrected chi connectivity index (χ3v) is 4.76. The second kappa shape index (κ2) is 7.51. The Hall–Kier alpha value is -1.00. The van der Waals surface area contributed by atoms with E-state index in [0.717, 1.165) is 4.47 Å². The zero-order valence-corrected chi connectivity index (χ0v) is 16.0. The Morgan fingerprint density at radius 3 is 2.27 bits per heavy atom. The summed E-state index contributed by atoms with van der Waals surface area (Å²) in [6.07, 6.45) is 7.09. The van der Waals surface area contributed by atoms with Crippen molar-refractivity contribution in [2.45, 2.75) is 66.3 Å². The summed E-state index contributed by atoms with van der Waals surface area (Å²) in [5, 5.41) is 4.48. The lowest BCUT2D eigenvalue weighted by Crippen LogP contribution is -2.45. The Morgan fingerprint density at radius 2 is 1.73 bits per heavy atom. The molecule has 1 N–H and O–H groups in total. The first-order valence-electron chi connectivity index (χ1n) is 8.27. The fourth-order valence-corrected chi connectivity index (χ4v) is 4.03. The van der Waals surface area contributed by atoms with Crippen LogP contribution < -0.4 is 10.5 Å². The number of rotatable bonds is 6. The first-order valence-corrected chi connectivity index (χ1v) is 9.07. The molecule has 0 saturated carbocycles. The first-order chi connectivity index (χ1) is 10.5. The number of nitrogens with one attached hydrogen (secondary N) is 1. The lowest BCUT2D eigenvalue weighted by Gasteiger charge is -2.31. The number of halogens is 1. The molecule has 1 aliphatic heterocycles. The number of anilines is 1. The van der Waals surface area contributed by atoms with Crippen molar-refractivity contribution in [3.63, 3.8) is 0 Å². The summed E-state index contributed by atoms with van der Waals surface area (Å²) in [6, 6.07) is 4.96. The highest BCUT2D eigenvalue weighted by Gasteiger charge is 2.26. The molecule has 4 heteroatoms. The number of benzene rings is 1. The summed E-state index contributed by atoms with van der Waals surface area (Å²) in [4.78, 5) is 0. The smallest absolute Gasteiger partial charge is 0.0763 e. The summed E-state index contributed by atoms with van der Waals surface area (Å²) >= 11 is 3.73. The van der Waals surface area contributed by atoms with Crippen molar-refractivity contribution in [3.8, 4) is 0 Å². The van der Waals surface area contributed by atoms with Crippen LogP contribution in [-0.4, -0.2) is 11.1 Å². The van der Waals surface area contributed by atoms with Crippen LogP contribution in [0.4, 0.5) is 5.69 Å². The highest BCUT2D eigenvalue weighted by Crippen LogP contribution is 2.34. The standard InChI is InChI=1S/C18H28BrN3/c1-6-8-16(9-7-2)21-12-15(5)22(20-21)18-14(4)10-13(3)11-17(18)19/h10-12,16,20H,6-9H2,1-5H3. The van der Waals surface area contributed by atoms with E-state index in [4.69, 9.17) is 0 Å². The molecule has 1 aromatic rings. The maximum atomic E-state index is 3.73. The van der Waals surface area contributed by atoms with E-state index in [2.05, 4.69) is 84.4 Å². The van der Waals surface area contributed by atoms with Crippen LogP contribution in [0, 0.1) is 13.8 Å². The van der Waals surface area contributed by atoms with Crippen LogP contribution in [0.25, 0.3) is 0 Å². The number of hydrogen-bond acceptors (Lipinski definition) is 3. The first kappa shape index (κ1) is 17.4. The van der Waals surface area contributed by atoms with Crippen LogP contribution >= 0.6 is 15.9 Å². The number of nitrogens with zero attached hydrogens (tertiary/aromatic N) is 2. The normalized spacial score (nSPS) is 15.0. The molecule has 0 amide bonds. The van der Waals surface area contributed by atoms with Gasteiger partial charge in [-0.1, -0.05) is 32.8 Å². The minimum absolute atomic E-state index is 0.555. The monoisotopic (exact) mass is 365 g/mol. The third-order valence-electron chi connectivity index (χ3n) is 4.15. The highest BCUT2D eigenvalue weighted by atomic mass is 79.9. The number of hydrazine groups is 2. The molecular formula is C18H28BrN3. The molecule has 1 heterocycles. The second-order valence-corrected chi connectivity index (χ2v) is 7.11. The Balaban J connectivity index is 2.24. The van der Waals surface area contributed by atoms with Crippen molar-refractivity contribution in [2.75, 3.05) is 5.01 Å². The Bertz CT molecular complexity index is 524. The second-order valence-electron chi connectivity index (χ2n) is 6.26. The van der Waals surface area contributed by atoms with Gasteiger partial charge in [0.25, 0.3) is 0 Å². The largest absolute Gasteiger partial charge is 0.293 e. The molecule has 0 aliphatic carbocycles. The molecule has 3 nitrogen and oxygen atoms in total. The van der Waals surface area contributed by atoms with Gasteiger partial charge in [-0.2, -0.15) is 0 Å². The van der Waals surface area contributed by atoms with E-state index in [-0.39, 0.29) is 0 Å². The zero-order valence-electron chi connectivity index (χ0n) is 14.4. The molecule has 0 saturated heterocycles. The molecule has 1 aliphatic rings. The van der Waals surface area contributed by atoms with E-state index in [9.17, 15) is 0 Å². The molecule has 122 valence electrons. The number of allylic oxidation sites excluding steroid dienone is 1. The SMILES string of the molecule is CCCC(CCC)N1C=C(C)N(c2c(C)cc(C)cc2Br)N1. The van der Waals surface area contributed by atoms with Gasteiger partial charge in [-0.05, 0) is 66.7 Å². The van der Waals surface area contributed by atoms with Gasteiger partial charge in [0, 0.05) is 16.7 Å². The predicted molar refractivity (Wildman–Crippen MR) is 98.4 cm³/mol. The van der Waals surface area contributed by atoms with Crippen LogP contribution in [0.3, 0.4) is 0 Å². The van der Waals surface area contributed by atoms with E-state index in [1.54, 1.807) is 0 Å². The van der Waals surface area contributed by atoms with E-state index in [1.165, 1.54) is 48.2 Å². The maximum Gasteiger partial charge on any atom is 0.0763 e. The van der Waals surface area contributed by atoms with E-state index in [0.29, 0.717) is 6.04 Å². The maximum absolute atomic E-state index is 3.73. The van der Waals surface area contributed by atoms with Crippen molar-refractivity contribution in [1.29, 1.82) is 0 Å². The fraction of sp³-hybridized carbons (Fsp3) is 0.556. The summed E-state index contributed by atoms with van der Waals surface area (Å²) in [5.41, 5.74) is 8.55. The average Bonchev–Trinajstić information content (AvgIpc) is 2.79. The van der Waals surface area contributed by atoms with Gasteiger partial charge in [0.05, 0.1) is 11.4 Å². The van der Waals surface area contributed by atoms with Gasteiger partial charge in [-0.3, -0.25) is 10.0 Å². The van der Waals surface area contributed by atoms with E-state index < -0.39 is 0 Å². The van der Waals surface area contributed by atoms with Crippen LogP contribution in [0.1, 0.15) is 57.6 Å². The molecule has 2 rings (SSSR count). The molecule has 0 unspecified atom stereocenters. The number of hydrogen-bond donors (Lipinski definition) is 1. The van der Waals surface area contributed by atoms with E-state index >= 15 is 0 Å². The van der Waals surface area contributed by atoms with Gasteiger partial charge in [0.2, 0.25) is 0 Å². The molecule has 0 fully saturated rings. The van der Waals surface area contributed by atoms with Gasteiger partial charge in [0.1, 0.15) is 0 Å². The summed E-state index contributed by atoms with van der Waals surface area (Å²) < 4.78 is 1.13. The average molecular weight is 366 g/mol. The number of aryl methyl sites for hydroxylation is 2. The highest BCUT2D eigenvalue weighted by molar-refractivity contribution is 9.10. The minimum Gasteiger partial charge on any atom is -0.293 e. The van der Waals surface area contributed by atoms with Crippen LogP contribution in [-0.2, 0) is 0 Å². The van der Waals surface area contributed by atoms with Gasteiger partial charge in [0.15, 0.2) is 0 Å². The van der Waals surface area contributed by atoms with Crippen molar-refractivity contribution < 1.29 is 0 Å². The van der Waals surface area contributed by atoms with Crippen LogP contribution in [0.15, 0.2) is 28.5 Å². The molecule has 0 atom stereocenters. The van der Waals surface area contributed by atoms with Crippen LogP contribution in [0.5, 0.6) is 0 Å². The van der Waals surface area contributed by atoms with Crippen LogP contribution in [0.2, 0.25) is 0 Å². The molecule has 22 heavy (non-hydrogen) atoms. The van der Waals surface area contributed by atoms with Crippen molar-refractivity contribution in [2.24, 2.45) is 0 Å². The van der Waals surface area contributed by atoms with Crippen molar-refractivity contribution in [3.05, 3.63) is 39.6 Å². The Kier molecular flexibility index (Phi) is 5.93. The lowest BCUT2D eigenvalue weighted by atomic mass is 10.1. The van der Waals surface area contributed by atoms with Gasteiger partial charge < -0.3 is 0 Å². The molecule has 0 aromatic heterocycles. The molecular weight excluding hydrogens is 338 g/mol. The fourth-order valence-electron chi connectivity index (χ4n) is 3.18. The third kappa shape index (κ3) is 3.66. The molecule has 0 spiro atoms. The van der Waals surface area contributed by atoms with Gasteiger partial charge >= 0.3 is 0 Å². The van der Waals surface area contributed by atoms with Gasteiger partial charge in [-0.15, -0.1) is 5.53 Å². The Morgan fingerprint density at radius 1 is 1.09 bits per heavy atom. The molecule has 0 bridgehead atoms. The lowest BCUT2D eigenvalue weighted by molar-refractivity contribution is 0.190.